The number of benzene rings is 2. The fourth-order valence-corrected chi connectivity index (χ4v) is 4.24. The van der Waals surface area contributed by atoms with E-state index >= 15 is 0 Å². The maximum absolute atomic E-state index is 13.7. The fraction of sp³-hybridized carbons (Fsp3) is 0.400. The normalized spacial score (nSPS) is 18.5. The molecule has 1 aromatic heterocycles. The lowest BCUT2D eigenvalue weighted by Gasteiger charge is -2.38. The fourth-order valence-electron chi connectivity index (χ4n) is 4.24. The number of carbonyl (C=O) groups excluding carboxylic acids is 2. The SMILES string of the molecule is CC(C)CCNC(=O)C[C@@H]1C(=O)N(Cc2ccccc2)[C@@H](C)c2nc3ccccc3n21. The number of nitrogens with zero attached hydrogens (tertiary/aromatic N) is 3. The molecule has 1 aliphatic heterocycles. The number of aromatic nitrogens is 2. The zero-order valence-electron chi connectivity index (χ0n) is 18.4. The number of imidazole rings is 1. The highest BCUT2D eigenvalue weighted by molar-refractivity contribution is 5.90. The van der Waals surface area contributed by atoms with Crippen LogP contribution in [0.3, 0.4) is 0 Å². The van der Waals surface area contributed by atoms with Crippen LogP contribution in [-0.4, -0.2) is 32.8 Å². The van der Waals surface area contributed by atoms with Gasteiger partial charge in [-0.15, -0.1) is 0 Å². The number of fused-ring (bicyclic) bond motifs is 3. The Morgan fingerprint density at radius 1 is 1.10 bits per heavy atom. The molecule has 0 spiro atoms. The Balaban J connectivity index is 1.67. The molecule has 1 N–H and O–H groups in total. The Kier molecular flexibility index (Phi) is 6.07. The number of nitrogens with one attached hydrogen (secondary N) is 1. The van der Waals surface area contributed by atoms with E-state index in [0.717, 1.165) is 28.8 Å². The molecular formula is C25H30N4O2. The summed E-state index contributed by atoms with van der Waals surface area (Å²) in [6, 6.07) is 17.0. The van der Waals surface area contributed by atoms with Gasteiger partial charge >= 0.3 is 0 Å². The van der Waals surface area contributed by atoms with E-state index in [1.807, 2.05) is 71.0 Å². The lowest BCUT2D eigenvalue weighted by Crippen LogP contribution is -2.46. The van der Waals surface area contributed by atoms with Crippen LogP contribution in [0.5, 0.6) is 0 Å². The standard InChI is InChI=1S/C25H30N4O2/c1-17(2)13-14-26-23(30)15-22-25(31)28(16-19-9-5-4-6-10-19)18(3)24-27-20-11-7-8-12-21(20)29(22)24/h4-12,17-18,22H,13-16H2,1-3H3,(H,26,30)/t18-,22+/m0/s1. The van der Waals surface area contributed by atoms with E-state index in [4.69, 9.17) is 4.98 Å². The molecular weight excluding hydrogens is 388 g/mol. The molecule has 2 aromatic carbocycles. The number of hydrogen-bond acceptors (Lipinski definition) is 3. The average Bonchev–Trinajstić information content (AvgIpc) is 3.14. The molecule has 0 radical (unpaired) electrons. The number of para-hydroxylation sites is 2. The Morgan fingerprint density at radius 2 is 1.81 bits per heavy atom. The summed E-state index contributed by atoms with van der Waals surface area (Å²) in [7, 11) is 0. The van der Waals surface area contributed by atoms with Crippen molar-refractivity contribution in [3.05, 3.63) is 66.0 Å². The van der Waals surface area contributed by atoms with Gasteiger partial charge in [0.1, 0.15) is 11.9 Å². The smallest absolute Gasteiger partial charge is 0.247 e. The molecule has 0 saturated heterocycles. The molecule has 0 aliphatic carbocycles. The second kappa shape index (κ2) is 8.92. The Morgan fingerprint density at radius 3 is 2.55 bits per heavy atom. The third kappa shape index (κ3) is 4.33. The number of carbonyl (C=O) groups is 2. The molecule has 0 saturated carbocycles. The second-order valence-electron chi connectivity index (χ2n) is 8.71. The summed E-state index contributed by atoms with van der Waals surface area (Å²) in [5, 5.41) is 2.99. The van der Waals surface area contributed by atoms with Gasteiger partial charge in [0.15, 0.2) is 0 Å². The zero-order valence-corrected chi connectivity index (χ0v) is 18.4. The first-order valence-electron chi connectivity index (χ1n) is 11.0. The van der Waals surface area contributed by atoms with Gasteiger partial charge in [0.25, 0.3) is 0 Å². The van der Waals surface area contributed by atoms with Gasteiger partial charge in [0, 0.05) is 13.1 Å². The third-order valence-corrected chi connectivity index (χ3v) is 5.96. The quantitative estimate of drug-likeness (QED) is 0.624. The van der Waals surface area contributed by atoms with E-state index in [1.54, 1.807) is 0 Å². The summed E-state index contributed by atoms with van der Waals surface area (Å²) >= 11 is 0. The maximum Gasteiger partial charge on any atom is 0.247 e. The van der Waals surface area contributed by atoms with Crippen molar-refractivity contribution >= 4 is 22.8 Å². The second-order valence-corrected chi connectivity index (χ2v) is 8.71. The van der Waals surface area contributed by atoms with Gasteiger partial charge in [-0.2, -0.15) is 0 Å². The third-order valence-electron chi connectivity index (χ3n) is 5.96. The summed E-state index contributed by atoms with van der Waals surface area (Å²) in [6.45, 7) is 7.39. The van der Waals surface area contributed by atoms with Gasteiger partial charge in [0.2, 0.25) is 11.8 Å². The molecule has 6 heteroatoms. The highest BCUT2D eigenvalue weighted by atomic mass is 16.2. The van der Waals surface area contributed by atoms with E-state index in [0.29, 0.717) is 19.0 Å². The van der Waals surface area contributed by atoms with Crippen LogP contribution in [0.2, 0.25) is 0 Å². The number of amides is 2. The van der Waals surface area contributed by atoms with Crippen molar-refractivity contribution in [2.24, 2.45) is 5.92 Å². The minimum atomic E-state index is -0.596. The summed E-state index contributed by atoms with van der Waals surface area (Å²) < 4.78 is 1.98. The Labute approximate surface area is 183 Å². The molecule has 2 amide bonds. The molecule has 2 heterocycles. The van der Waals surface area contributed by atoms with Gasteiger partial charge in [-0.3, -0.25) is 9.59 Å². The van der Waals surface area contributed by atoms with Gasteiger partial charge in [-0.25, -0.2) is 4.98 Å². The van der Waals surface area contributed by atoms with Crippen molar-refractivity contribution in [2.75, 3.05) is 6.54 Å². The molecule has 0 unspecified atom stereocenters. The van der Waals surface area contributed by atoms with Crippen LogP contribution in [0, 0.1) is 5.92 Å². The minimum absolute atomic E-state index is 0.0361. The van der Waals surface area contributed by atoms with Crippen LogP contribution >= 0.6 is 0 Å². The van der Waals surface area contributed by atoms with Crippen LogP contribution in [-0.2, 0) is 16.1 Å². The van der Waals surface area contributed by atoms with Crippen molar-refractivity contribution in [3.63, 3.8) is 0 Å². The van der Waals surface area contributed by atoms with Crippen LogP contribution in [0.15, 0.2) is 54.6 Å². The lowest BCUT2D eigenvalue weighted by molar-refractivity contribution is -0.142. The first-order valence-corrected chi connectivity index (χ1v) is 11.0. The van der Waals surface area contributed by atoms with Crippen LogP contribution < -0.4 is 5.32 Å². The highest BCUT2D eigenvalue weighted by Gasteiger charge is 2.40. The van der Waals surface area contributed by atoms with E-state index in [9.17, 15) is 9.59 Å². The largest absolute Gasteiger partial charge is 0.356 e. The Bertz CT molecular complexity index is 1070. The predicted molar refractivity (Wildman–Crippen MR) is 121 cm³/mol. The van der Waals surface area contributed by atoms with Gasteiger partial charge in [-0.1, -0.05) is 56.3 Å². The summed E-state index contributed by atoms with van der Waals surface area (Å²) in [5.74, 6) is 1.21. The summed E-state index contributed by atoms with van der Waals surface area (Å²) in [4.78, 5) is 33.1. The zero-order chi connectivity index (χ0) is 22.0. The van der Waals surface area contributed by atoms with Crippen molar-refractivity contribution in [1.29, 1.82) is 0 Å². The number of rotatable bonds is 7. The van der Waals surface area contributed by atoms with E-state index < -0.39 is 6.04 Å². The van der Waals surface area contributed by atoms with Crippen LogP contribution in [0.1, 0.15) is 57.1 Å². The molecule has 31 heavy (non-hydrogen) atoms. The number of hydrogen-bond donors (Lipinski definition) is 1. The molecule has 0 fully saturated rings. The van der Waals surface area contributed by atoms with Crippen LogP contribution in [0.25, 0.3) is 11.0 Å². The first-order chi connectivity index (χ1) is 15.0. The monoisotopic (exact) mass is 418 g/mol. The predicted octanol–water partition coefficient (Wildman–Crippen LogP) is 4.23. The van der Waals surface area contributed by atoms with Crippen molar-refractivity contribution in [1.82, 2.24) is 19.8 Å². The minimum Gasteiger partial charge on any atom is -0.356 e. The molecule has 2 atom stereocenters. The first kappa shape index (κ1) is 21.1. The molecule has 1 aliphatic rings. The van der Waals surface area contributed by atoms with Crippen molar-refractivity contribution in [2.45, 2.75) is 52.2 Å². The van der Waals surface area contributed by atoms with Gasteiger partial charge in [-0.05, 0) is 37.0 Å². The lowest BCUT2D eigenvalue weighted by atomic mass is 10.0. The molecule has 4 rings (SSSR count). The molecule has 0 bridgehead atoms. The average molecular weight is 419 g/mol. The molecule has 6 nitrogen and oxygen atoms in total. The van der Waals surface area contributed by atoms with Gasteiger partial charge in [0.05, 0.1) is 23.5 Å². The van der Waals surface area contributed by atoms with E-state index in [2.05, 4.69) is 19.2 Å². The van der Waals surface area contributed by atoms with E-state index in [1.165, 1.54) is 0 Å². The van der Waals surface area contributed by atoms with Gasteiger partial charge < -0.3 is 14.8 Å². The van der Waals surface area contributed by atoms with E-state index in [-0.39, 0.29) is 24.3 Å². The van der Waals surface area contributed by atoms with Crippen LogP contribution in [0.4, 0.5) is 0 Å². The maximum atomic E-state index is 13.7. The summed E-state index contributed by atoms with van der Waals surface area (Å²) in [5.41, 5.74) is 2.81. The summed E-state index contributed by atoms with van der Waals surface area (Å²) in [6.07, 6.45) is 1.03. The van der Waals surface area contributed by atoms with Crippen molar-refractivity contribution in [3.8, 4) is 0 Å². The topological polar surface area (TPSA) is 67.2 Å². The highest BCUT2D eigenvalue weighted by Crippen LogP contribution is 2.37. The molecule has 162 valence electrons. The van der Waals surface area contributed by atoms with Crippen molar-refractivity contribution < 1.29 is 9.59 Å². The Hall–Kier alpha value is -3.15. The molecule has 3 aromatic rings.